The molecule has 2 aromatic heterocycles. The van der Waals surface area contributed by atoms with Crippen LogP contribution >= 0.6 is 0 Å². The first-order valence-corrected chi connectivity index (χ1v) is 12.8. The van der Waals surface area contributed by atoms with Gasteiger partial charge in [-0.15, -0.1) is 0 Å². The Morgan fingerprint density at radius 2 is 0.825 bits per heavy atom. The Morgan fingerprint density at radius 3 is 1.23 bits per heavy atom. The van der Waals surface area contributed by atoms with Crippen LogP contribution in [0.5, 0.6) is 0 Å². The number of ketones is 2. The lowest BCUT2D eigenvalue weighted by Crippen LogP contribution is -2.20. The van der Waals surface area contributed by atoms with E-state index < -0.39 is 22.4 Å². The van der Waals surface area contributed by atoms with Crippen LogP contribution in [-0.4, -0.2) is 11.6 Å². The molecular weight excluding hydrogens is 504 g/mol. The second-order valence-electron chi connectivity index (χ2n) is 9.34. The number of Topliss-reactive ketones (excluding diaryl/α,β-unsaturated/α-hetero) is 2. The topological polar surface area (TPSA) is 94.6 Å². The summed E-state index contributed by atoms with van der Waals surface area (Å²) in [6.45, 7) is 0. The molecule has 4 aromatic carbocycles. The van der Waals surface area contributed by atoms with Gasteiger partial charge in [0, 0.05) is 24.0 Å². The van der Waals surface area contributed by atoms with E-state index in [0.29, 0.717) is 22.3 Å². The Kier molecular flexibility index (Phi) is 6.50. The fourth-order valence-electron chi connectivity index (χ4n) is 4.85. The Balaban J connectivity index is 1.40. The van der Waals surface area contributed by atoms with Crippen LogP contribution in [0.1, 0.15) is 33.6 Å². The summed E-state index contributed by atoms with van der Waals surface area (Å²) in [6, 6.07) is 31.2. The van der Waals surface area contributed by atoms with E-state index in [0.717, 1.165) is 0 Å². The molecule has 0 spiro atoms. The van der Waals surface area contributed by atoms with Gasteiger partial charge in [0.2, 0.25) is 10.9 Å². The molecule has 6 heteroatoms. The van der Waals surface area contributed by atoms with Crippen molar-refractivity contribution in [3.63, 3.8) is 0 Å². The molecule has 6 aromatic rings. The summed E-state index contributed by atoms with van der Waals surface area (Å²) in [5.74, 6) is -0.787. The zero-order valence-corrected chi connectivity index (χ0v) is 21.3. The average molecular weight is 527 g/mol. The van der Waals surface area contributed by atoms with Crippen LogP contribution in [0.25, 0.3) is 44.6 Å². The number of fused-ring (bicyclic) bond motifs is 2. The smallest absolute Gasteiger partial charge is 0.204 e. The second kappa shape index (κ2) is 10.4. The maximum Gasteiger partial charge on any atom is 0.204 e. The van der Waals surface area contributed by atoms with Gasteiger partial charge < -0.3 is 8.83 Å². The predicted molar refractivity (Wildman–Crippen MR) is 154 cm³/mol. The van der Waals surface area contributed by atoms with Gasteiger partial charge in [0.25, 0.3) is 0 Å². The number of carbonyl (C=O) groups excluding carboxylic acids is 2. The van der Waals surface area contributed by atoms with Crippen LogP contribution < -0.4 is 10.9 Å². The normalized spacial score (nSPS) is 11.1. The van der Waals surface area contributed by atoms with Crippen molar-refractivity contribution >= 4 is 33.5 Å². The van der Waals surface area contributed by atoms with E-state index in [1.807, 2.05) is 12.1 Å². The highest BCUT2D eigenvalue weighted by Gasteiger charge is 2.26. The molecule has 0 atom stereocenters. The minimum absolute atomic E-state index is 0.119. The third-order valence-electron chi connectivity index (χ3n) is 6.80. The fraction of sp³-hybridized carbons (Fsp3) is 0.0588. The number of hydrogen-bond acceptors (Lipinski definition) is 6. The first-order chi connectivity index (χ1) is 19.5. The van der Waals surface area contributed by atoms with Gasteiger partial charge >= 0.3 is 0 Å². The lowest BCUT2D eigenvalue weighted by atomic mass is 9.95. The third kappa shape index (κ3) is 4.46. The van der Waals surface area contributed by atoms with Crippen molar-refractivity contribution in [2.24, 2.45) is 0 Å². The molecule has 40 heavy (non-hydrogen) atoms. The van der Waals surface area contributed by atoms with E-state index in [1.165, 1.54) is 0 Å². The molecular formula is C34H22O6. The minimum Gasteiger partial charge on any atom is -0.455 e. The van der Waals surface area contributed by atoms with Crippen molar-refractivity contribution in [2.45, 2.75) is 12.8 Å². The number of benzene rings is 4. The van der Waals surface area contributed by atoms with Crippen LogP contribution in [0.2, 0.25) is 0 Å². The molecule has 0 unspecified atom stereocenters. The van der Waals surface area contributed by atoms with Gasteiger partial charge in [0.1, 0.15) is 33.8 Å². The third-order valence-corrected chi connectivity index (χ3v) is 6.80. The largest absolute Gasteiger partial charge is 0.455 e. The van der Waals surface area contributed by atoms with Crippen molar-refractivity contribution in [1.29, 1.82) is 0 Å². The van der Waals surface area contributed by atoms with E-state index in [4.69, 9.17) is 8.83 Å². The van der Waals surface area contributed by atoms with Gasteiger partial charge in [-0.25, -0.2) is 0 Å². The molecule has 0 aliphatic rings. The average Bonchev–Trinajstić information content (AvgIpc) is 3.00. The maximum absolute atomic E-state index is 13.6. The van der Waals surface area contributed by atoms with Crippen molar-refractivity contribution in [1.82, 2.24) is 0 Å². The molecule has 0 fully saturated rings. The lowest BCUT2D eigenvalue weighted by Gasteiger charge is -2.11. The fourth-order valence-corrected chi connectivity index (χ4v) is 4.85. The molecule has 0 amide bonds. The zero-order valence-electron chi connectivity index (χ0n) is 21.3. The van der Waals surface area contributed by atoms with Gasteiger partial charge in [-0.05, 0) is 24.3 Å². The van der Waals surface area contributed by atoms with E-state index >= 15 is 0 Å². The summed E-state index contributed by atoms with van der Waals surface area (Å²) in [5, 5.41) is 0.553. The maximum atomic E-state index is 13.6. The molecule has 0 saturated heterocycles. The SMILES string of the molecule is O=C(CCC(=O)c1c(-c2ccccc2)oc2ccccc2c1=O)c1c(-c2ccccc2)oc2ccccc2c1=O. The predicted octanol–water partition coefficient (Wildman–Crippen LogP) is 7.08. The highest BCUT2D eigenvalue weighted by Crippen LogP contribution is 2.29. The van der Waals surface area contributed by atoms with E-state index in [9.17, 15) is 19.2 Å². The van der Waals surface area contributed by atoms with Gasteiger partial charge in [0.15, 0.2) is 11.6 Å². The molecule has 194 valence electrons. The van der Waals surface area contributed by atoms with E-state index in [2.05, 4.69) is 0 Å². The standard InChI is InChI=1S/C34H22O6/c35-25(29-31(37)23-15-7-9-17-27(23)39-33(29)21-11-3-1-4-12-21)19-20-26(36)30-32(38)24-16-8-10-18-28(24)40-34(30)22-13-5-2-6-14-22/h1-18H,19-20H2. The highest BCUT2D eigenvalue weighted by atomic mass is 16.3. The second-order valence-corrected chi connectivity index (χ2v) is 9.34. The molecule has 6 rings (SSSR count). The highest BCUT2D eigenvalue weighted by molar-refractivity contribution is 6.08. The van der Waals surface area contributed by atoms with Crippen molar-refractivity contribution in [3.05, 3.63) is 141 Å². The summed E-state index contributed by atoms with van der Waals surface area (Å²) < 4.78 is 12.1. The molecule has 0 radical (unpaired) electrons. The van der Waals surface area contributed by atoms with Gasteiger partial charge in [-0.2, -0.15) is 0 Å². The van der Waals surface area contributed by atoms with Crippen LogP contribution in [0.3, 0.4) is 0 Å². The Hall–Kier alpha value is -5.36. The van der Waals surface area contributed by atoms with E-state index in [-0.39, 0.29) is 46.3 Å². The first-order valence-electron chi connectivity index (χ1n) is 12.8. The van der Waals surface area contributed by atoms with Crippen LogP contribution in [-0.2, 0) is 0 Å². The molecule has 6 nitrogen and oxygen atoms in total. The summed E-state index contributed by atoms with van der Waals surface area (Å²) in [5.41, 5.74) is 0.698. The van der Waals surface area contributed by atoms with Crippen LogP contribution in [0.15, 0.2) is 128 Å². The zero-order chi connectivity index (χ0) is 27.6. The summed E-state index contributed by atoms with van der Waals surface area (Å²) in [7, 11) is 0. The first kappa shape index (κ1) is 24.9. The number of para-hydroxylation sites is 2. The molecule has 0 N–H and O–H groups in total. The van der Waals surface area contributed by atoms with Crippen molar-refractivity contribution in [2.75, 3.05) is 0 Å². The van der Waals surface area contributed by atoms with Gasteiger partial charge in [-0.3, -0.25) is 19.2 Å². The monoisotopic (exact) mass is 526 g/mol. The summed E-state index contributed by atoms with van der Waals surface area (Å²) in [4.78, 5) is 54.1. The number of carbonyl (C=O) groups is 2. The molecule has 0 saturated carbocycles. The van der Waals surface area contributed by atoms with Crippen LogP contribution in [0, 0.1) is 0 Å². The Bertz CT molecular complexity index is 1870. The lowest BCUT2D eigenvalue weighted by molar-refractivity contribution is 0.0915. The molecule has 2 heterocycles. The van der Waals surface area contributed by atoms with E-state index in [1.54, 1.807) is 97.1 Å². The summed E-state index contributed by atoms with van der Waals surface area (Å²) in [6.07, 6.45) is -0.579. The minimum atomic E-state index is -0.543. The van der Waals surface area contributed by atoms with Gasteiger partial charge in [0.05, 0.1) is 10.8 Å². The number of hydrogen-bond donors (Lipinski definition) is 0. The quantitative estimate of drug-likeness (QED) is 0.206. The van der Waals surface area contributed by atoms with Gasteiger partial charge in [-0.1, -0.05) is 84.9 Å². The Labute approximate surface area is 228 Å². The molecule has 0 aliphatic carbocycles. The molecule has 0 bridgehead atoms. The molecule has 0 aliphatic heterocycles. The summed E-state index contributed by atoms with van der Waals surface area (Å²) >= 11 is 0. The Morgan fingerprint density at radius 1 is 0.475 bits per heavy atom. The van der Waals surface area contributed by atoms with Crippen molar-refractivity contribution in [3.8, 4) is 22.6 Å². The van der Waals surface area contributed by atoms with Crippen LogP contribution in [0.4, 0.5) is 0 Å². The number of rotatable bonds is 7. The van der Waals surface area contributed by atoms with Crippen molar-refractivity contribution < 1.29 is 18.4 Å².